The van der Waals surface area contributed by atoms with E-state index in [1.165, 1.54) is 19.6 Å². The summed E-state index contributed by atoms with van der Waals surface area (Å²) in [6.07, 6.45) is 1.03. The number of nitrogens with zero attached hydrogens (tertiary/aromatic N) is 4. The normalized spacial score (nSPS) is 23.0. The van der Waals surface area contributed by atoms with Crippen LogP contribution in [0.3, 0.4) is 0 Å². The quantitative estimate of drug-likeness (QED) is 0.495. The zero-order valence-electron chi connectivity index (χ0n) is 17.8. The molecule has 2 aliphatic heterocycles. The molecule has 2 unspecified atom stereocenters. The van der Waals surface area contributed by atoms with Gasteiger partial charge in [-0.1, -0.05) is 27.7 Å². The Morgan fingerprint density at radius 3 is 1.34 bits per heavy atom. The minimum absolute atomic E-state index is 0.0981. The fraction of sp³-hybridized carbons (Fsp3) is 0.789. The second kappa shape index (κ2) is 9.53. The maximum atomic E-state index is 13.0. The van der Waals surface area contributed by atoms with Gasteiger partial charge in [0.05, 0.1) is 0 Å². The molecule has 0 aliphatic carbocycles. The molecule has 0 aromatic heterocycles. The van der Waals surface area contributed by atoms with E-state index in [9.17, 15) is 19.2 Å². The number of carbonyl (C=O) groups excluding carboxylic acids is 4. The van der Waals surface area contributed by atoms with Crippen molar-refractivity contribution in [3.63, 3.8) is 0 Å². The van der Waals surface area contributed by atoms with Gasteiger partial charge in [-0.3, -0.25) is 29.2 Å². The number of hydrogen-bond donors (Lipinski definition) is 2. The van der Waals surface area contributed by atoms with Crippen molar-refractivity contribution in [2.45, 2.75) is 52.6 Å². The Morgan fingerprint density at radius 2 is 1.07 bits per heavy atom. The molecule has 2 rings (SSSR count). The minimum atomic E-state index is -0.672. The molecule has 6 amide bonds. The molecular weight excluding hydrogens is 376 g/mol. The second-order valence-corrected chi connectivity index (χ2v) is 8.29. The van der Waals surface area contributed by atoms with E-state index in [1.54, 1.807) is 0 Å². The van der Waals surface area contributed by atoms with Crippen LogP contribution in [0.5, 0.6) is 0 Å². The van der Waals surface area contributed by atoms with E-state index in [0.717, 1.165) is 0 Å². The lowest BCUT2D eigenvalue weighted by Crippen LogP contribution is -2.50. The first-order chi connectivity index (χ1) is 13.7. The molecule has 0 bridgehead atoms. The predicted molar refractivity (Wildman–Crippen MR) is 107 cm³/mol. The van der Waals surface area contributed by atoms with Gasteiger partial charge in [0, 0.05) is 13.1 Å². The minimum Gasteiger partial charge on any atom is -0.330 e. The summed E-state index contributed by atoms with van der Waals surface area (Å²) in [4.78, 5) is 56.9. The highest BCUT2D eigenvalue weighted by molar-refractivity contribution is 6.06. The number of rotatable bonds is 10. The fourth-order valence-corrected chi connectivity index (χ4v) is 3.98. The maximum Gasteiger partial charge on any atom is 0.328 e. The van der Waals surface area contributed by atoms with Crippen LogP contribution in [0.25, 0.3) is 0 Å². The van der Waals surface area contributed by atoms with Crippen molar-refractivity contribution in [3.05, 3.63) is 0 Å². The third-order valence-corrected chi connectivity index (χ3v) is 5.40. The van der Waals surface area contributed by atoms with Crippen LogP contribution in [-0.2, 0) is 9.59 Å². The Kier molecular flexibility index (Phi) is 7.59. The highest BCUT2D eigenvalue weighted by Gasteiger charge is 2.51. The molecule has 0 aromatic carbocycles. The van der Waals surface area contributed by atoms with Gasteiger partial charge in [0.1, 0.15) is 18.8 Å². The Hall–Kier alpha value is -2.20. The number of imide groups is 2. The zero-order chi connectivity index (χ0) is 21.9. The average molecular weight is 411 g/mol. The second-order valence-electron chi connectivity index (χ2n) is 8.29. The van der Waals surface area contributed by atoms with E-state index >= 15 is 0 Å². The monoisotopic (exact) mass is 410 g/mol. The van der Waals surface area contributed by atoms with Crippen molar-refractivity contribution in [1.29, 1.82) is 0 Å². The van der Waals surface area contributed by atoms with E-state index in [-0.39, 0.29) is 43.4 Å². The molecule has 2 aliphatic rings. The van der Waals surface area contributed by atoms with E-state index in [0.29, 0.717) is 25.9 Å². The summed E-state index contributed by atoms with van der Waals surface area (Å²) >= 11 is 0. The summed E-state index contributed by atoms with van der Waals surface area (Å²) < 4.78 is 0. The molecule has 164 valence electrons. The molecule has 4 N–H and O–H groups in total. The van der Waals surface area contributed by atoms with Crippen LogP contribution in [0.1, 0.15) is 40.5 Å². The SMILES string of the molecule is CC(C)C1C(=O)N(CCCN)C(=O)N1CN1C(=O)N(CCCN)C(=O)C1C(C)C. The molecule has 2 heterocycles. The molecule has 10 heteroatoms. The molecule has 0 saturated carbocycles. The summed E-state index contributed by atoms with van der Waals surface area (Å²) in [5.41, 5.74) is 11.1. The van der Waals surface area contributed by atoms with E-state index in [4.69, 9.17) is 11.5 Å². The Balaban J connectivity index is 2.30. The molecular formula is C19H34N6O4. The van der Waals surface area contributed by atoms with Gasteiger partial charge in [-0.15, -0.1) is 0 Å². The predicted octanol–water partition coefficient (Wildman–Crippen LogP) is 0.219. The molecule has 0 radical (unpaired) electrons. The van der Waals surface area contributed by atoms with Crippen LogP contribution in [0, 0.1) is 11.8 Å². The molecule has 2 saturated heterocycles. The molecule has 2 fully saturated rings. The number of nitrogens with two attached hydrogens (primary N) is 2. The van der Waals surface area contributed by atoms with Gasteiger partial charge in [0.15, 0.2) is 0 Å². The van der Waals surface area contributed by atoms with Crippen LogP contribution in [-0.4, -0.2) is 88.4 Å². The van der Waals surface area contributed by atoms with Crippen molar-refractivity contribution in [2.24, 2.45) is 23.3 Å². The van der Waals surface area contributed by atoms with Crippen molar-refractivity contribution >= 4 is 23.9 Å². The first-order valence-electron chi connectivity index (χ1n) is 10.3. The summed E-state index contributed by atoms with van der Waals surface area (Å²) in [6.45, 7) is 8.58. The van der Waals surface area contributed by atoms with Crippen molar-refractivity contribution in [2.75, 3.05) is 32.8 Å². The average Bonchev–Trinajstić information content (AvgIpc) is 3.02. The smallest absolute Gasteiger partial charge is 0.328 e. The highest BCUT2D eigenvalue weighted by atomic mass is 16.2. The molecule has 10 nitrogen and oxygen atoms in total. The molecule has 0 aromatic rings. The van der Waals surface area contributed by atoms with Crippen LogP contribution in [0.15, 0.2) is 0 Å². The largest absolute Gasteiger partial charge is 0.330 e. The van der Waals surface area contributed by atoms with Crippen LogP contribution in [0.4, 0.5) is 9.59 Å². The first-order valence-corrected chi connectivity index (χ1v) is 10.3. The molecule has 0 spiro atoms. The van der Waals surface area contributed by atoms with Gasteiger partial charge in [0.2, 0.25) is 0 Å². The van der Waals surface area contributed by atoms with Gasteiger partial charge in [-0.2, -0.15) is 0 Å². The third kappa shape index (κ3) is 4.37. The van der Waals surface area contributed by atoms with Crippen molar-refractivity contribution in [1.82, 2.24) is 19.6 Å². The van der Waals surface area contributed by atoms with Gasteiger partial charge < -0.3 is 11.5 Å². The topological polar surface area (TPSA) is 133 Å². The number of urea groups is 2. The lowest BCUT2D eigenvalue weighted by atomic mass is 10.0. The van der Waals surface area contributed by atoms with Gasteiger partial charge >= 0.3 is 12.1 Å². The lowest BCUT2D eigenvalue weighted by molar-refractivity contribution is -0.129. The van der Waals surface area contributed by atoms with Crippen molar-refractivity contribution in [3.8, 4) is 0 Å². The Morgan fingerprint density at radius 1 is 0.724 bits per heavy atom. The van der Waals surface area contributed by atoms with Crippen molar-refractivity contribution < 1.29 is 19.2 Å². The van der Waals surface area contributed by atoms with Gasteiger partial charge in [-0.25, -0.2) is 9.59 Å². The highest BCUT2D eigenvalue weighted by Crippen LogP contribution is 2.29. The Labute approximate surface area is 172 Å². The molecule has 2 atom stereocenters. The summed E-state index contributed by atoms with van der Waals surface area (Å²) in [7, 11) is 0. The van der Waals surface area contributed by atoms with Crippen LogP contribution >= 0.6 is 0 Å². The van der Waals surface area contributed by atoms with Gasteiger partial charge in [0.25, 0.3) is 11.8 Å². The Bertz CT molecular complexity index is 599. The van der Waals surface area contributed by atoms with E-state index < -0.39 is 24.1 Å². The number of hydrogen-bond acceptors (Lipinski definition) is 6. The zero-order valence-corrected chi connectivity index (χ0v) is 17.8. The summed E-state index contributed by atoms with van der Waals surface area (Å²) in [5.74, 6) is -0.822. The lowest BCUT2D eigenvalue weighted by Gasteiger charge is -2.32. The third-order valence-electron chi connectivity index (χ3n) is 5.40. The van der Waals surface area contributed by atoms with E-state index in [1.807, 2.05) is 27.7 Å². The number of amides is 6. The summed E-state index contributed by atoms with van der Waals surface area (Å²) in [6, 6.07) is -2.22. The van der Waals surface area contributed by atoms with Crippen LogP contribution < -0.4 is 11.5 Å². The first kappa shape index (κ1) is 23.1. The number of carbonyl (C=O) groups is 4. The molecule has 29 heavy (non-hydrogen) atoms. The standard InChI is InChI=1S/C19H34N6O4/c1-12(2)14-16(26)22(9-5-7-20)18(28)24(14)11-25-15(13(3)4)17(27)23(19(25)29)10-6-8-21/h12-15H,5-11,20-21H2,1-4H3. The van der Waals surface area contributed by atoms with Crippen LogP contribution in [0.2, 0.25) is 0 Å². The maximum absolute atomic E-state index is 13.0. The van der Waals surface area contributed by atoms with E-state index in [2.05, 4.69) is 0 Å². The van der Waals surface area contributed by atoms with Gasteiger partial charge in [-0.05, 0) is 37.8 Å². The fourth-order valence-electron chi connectivity index (χ4n) is 3.98. The summed E-state index contributed by atoms with van der Waals surface area (Å²) in [5, 5.41) is 0.